The summed E-state index contributed by atoms with van der Waals surface area (Å²) >= 11 is 0. The molecule has 0 bridgehead atoms. The standard InChI is InChI=1S/C26H27N3O3/c27-25(30)23-9-2-3-10-24(23)32-18-19-7-6-8-20(17-19)26(31)28-21-11-13-22(14-12-21)29-15-4-1-5-16-29/h2-3,6-14,17H,1,4-5,15-16,18H2,(H2,27,30)(H,28,31). The molecule has 0 aromatic heterocycles. The fourth-order valence-electron chi connectivity index (χ4n) is 3.87. The Morgan fingerprint density at radius 2 is 1.66 bits per heavy atom. The Labute approximate surface area is 188 Å². The van der Waals surface area contributed by atoms with Crippen LogP contribution in [-0.4, -0.2) is 24.9 Å². The molecule has 1 saturated heterocycles. The fourth-order valence-corrected chi connectivity index (χ4v) is 3.87. The first-order chi connectivity index (χ1) is 15.6. The number of nitrogens with zero attached hydrogens (tertiary/aromatic N) is 1. The van der Waals surface area contributed by atoms with Gasteiger partial charge in [0.2, 0.25) is 0 Å². The van der Waals surface area contributed by atoms with Crippen LogP contribution in [0.2, 0.25) is 0 Å². The fraction of sp³-hybridized carbons (Fsp3) is 0.231. The summed E-state index contributed by atoms with van der Waals surface area (Å²) in [7, 11) is 0. The molecular weight excluding hydrogens is 402 g/mol. The Kier molecular flexibility index (Phi) is 6.70. The summed E-state index contributed by atoms with van der Waals surface area (Å²) in [5.74, 6) is -0.307. The van der Waals surface area contributed by atoms with E-state index in [1.807, 2.05) is 24.3 Å². The van der Waals surface area contributed by atoms with E-state index >= 15 is 0 Å². The number of primary amides is 1. The van der Waals surface area contributed by atoms with Gasteiger partial charge in [0.25, 0.3) is 11.8 Å². The minimum Gasteiger partial charge on any atom is -0.488 e. The number of carbonyl (C=O) groups is 2. The number of carbonyl (C=O) groups excluding carboxylic acids is 2. The average molecular weight is 430 g/mol. The number of ether oxygens (including phenoxy) is 1. The van der Waals surface area contributed by atoms with Crippen LogP contribution < -0.4 is 20.7 Å². The van der Waals surface area contributed by atoms with Crippen LogP contribution in [0.3, 0.4) is 0 Å². The number of nitrogens with one attached hydrogen (secondary N) is 1. The van der Waals surface area contributed by atoms with Crippen LogP contribution in [0.25, 0.3) is 0 Å². The Hall–Kier alpha value is -3.80. The summed E-state index contributed by atoms with van der Waals surface area (Å²) in [6.45, 7) is 2.39. The third-order valence-corrected chi connectivity index (χ3v) is 5.58. The lowest BCUT2D eigenvalue weighted by Gasteiger charge is -2.28. The third-order valence-electron chi connectivity index (χ3n) is 5.58. The van der Waals surface area contributed by atoms with Crippen LogP contribution in [0.1, 0.15) is 45.5 Å². The summed E-state index contributed by atoms with van der Waals surface area (Å²) in [6.07, 6.45) is 3.76. The van der Waals surface area contributed by atoms with Crippen LogP contribution in [0, 0.1) is 0 Å². The molecule has 6 heteroatoms. The number of amides is 2. The van der Waals surface area contributed by atoms with Crippen LogP contribution in [0.15, 0.2) is 72.8 Å². The molecule has 0 unspecified atom stereocenters. The number of benzene rings is 3. The summed E-state index contributed by atoms with van der Waals surface area (Å²) < 4.78 is 5.77. The van der Waals surface area contributed by atoms with Crippen LogP contribution >= 0.6 is 0 Å². The molecule has 1 aliphatic heterocycles. The molecule has 4 rings (SSSR count). The van der Waals surface area contributed by atoms with Gasteiger partial charge in [0, 0.05) is 30.0 Å². The highest BCUT2D eigenvalue weighted by Crippen LogP contribution is 2.23. The van der Waals surface area contributed by atoms with E-state index in [1.165, 1.54) is 24.9 Å². The highest BCUT2D eigenvalue weighted by atomic mass is 16.5. The zero-order valence-electron chi connectivity index (χ0n) is 17.9. The van der Waals surface area contributed by atoms with Gasteiger partial charge in [-0.3, -0.25) is 9.59 Å². The van der Waals surface area contributed by atoms with Crippen molar-refractivity contribution in [3.05, 3.63) is 89.5 Å². The van der Waals surface area contributed by atoms with Gasteiger partial charge < -0.3 is 20.7 Å². The number of anilines is 2. The normalized spacial score (nSPS) is 13.4. The predicted molar refractivity (Wildman–Crippen MR) is 126 cm³/mol. The van der Waals surface area contributed by atoms with Gasteiger partial charge in [0.1, 0.15) is 12.4 Å². The van der Waals surface area contributed by atoms with Crippen molar-refractivity contribution in [3.8, 4) is 5.75 Å². The van der Waals surface area contributed by atoms with Gasteiger partial charge in [-0.2, -0.15) is 0 Å². The van der Waals surface area contributed by atoms with Crippen molar-refractivity contribution < 1.29 is 14.3 Å². The van der Waals surface area contributed by atoms with E-state index in [4.69, 9.17) is 10.5 Å². The highest BCUT2D eigenvalue weighted by molar-refractivity contribution is 6.04. The molecule has 3 aromatic rings. The first-order valence-corrected chi connectivity index (χ1v) is 10.9. The van der Waals surface area contributed by atoms with Crippen molar-refractivity contribution in [2.75, 3.05) is 23.3 Å². The van der Waals surface area contributed by atoms with Crippen molar-refractivity contribution in [1.82, 2.24) is 0 Å². The molecule has 0 spiro atoms. The molecule has 0 atom stereocenters. The third kappa shape index (κ3) is 5.27. The molecule has 6 nitrogen and oxygen atoms in total. The number of rotatable bonds is 7. The second-order valence-electron chi connectivity index (χ2n) is 7.90. The van der Waals surface area contributed by atoms with E-state index in [0.717, 1.165) is 24.3 Å². The van der Waals surface area contributed by atoms with Gasteiger partial charge in [0.05, 0.1) is 5.56 Å². The Morgan fingerprint density at radius 1 is 0.906 bits per heavy atom. The van der Waals surface area contributed by atoms with Crippen LogP contribution in [0.4, 0.5) is 11.4 Å². The van der Waals surface area contributed by atoms with E-state index in [2.05, 4.69) is 22.3 Å². The molecule has 1 aliphatic rings. The molecule has 32 heavy (non-hydrogen) atoms. The molecule has 3 N–H and O–H groups in total. The van der Waals surface area contributed by atoms with Crippen molar-refractivity contribution >= 4 is 23.2 Å². The van der Waals surface area contributed by atoms with Gasteiger partial charge in [-0.1, -0.05) is 24.3 Å². The first-order valence-electron chi connectivity index (χ1n) is 10.9. The number of para-hydroxylation sites is 1. The largest absolute Gasteiger partial charge is 0.488 e. The van der Waals surface area contributed by atoms with Crippen molar-refractivity contribution in [3.63, 3.8) is 0 Å². The molecule has 164 valence electrons. The summed E-state index contributed by atoms with van der Waals surface area (Å²) in [4.78, 5) is 26.7. The molecule has 1 fully saturated rings. The predicted octanol–water partition coefficient (Wildman–Crippen LogP) is 4.61. The average Bonchev–Trinajstić information content (AvgIpc) is 2.84. The second-order valence-corrected chi connectivity index (χ2v) is 7.90. The summed E-state index contributed by atoms with van der Waals surface area (Å²) in [5, 5.41) is 2.95. The Morgan fingerprint density at radius 3 is 2.41 bits per heavy atom. The SMILES string of the molecule is NC(=O)c1ccccc1OCc1cccc(C(=O)Nc2ccc(N3CCCCC3)cc2)c1. The maximum Gasteiger partial charge on any atom is 0.255 e. The van der Waals surface area contributed by atoms with Crippen molar-refractivity contribution in [1.29, 1.82) is 0 Å². The molecule has 3 aromatic carbocycles. The highest BCUT2D eigenvalue weighted by Gasteiger charge is 2.12. The van der Waals surface area contributed by atoms with Gasteiger partial charge in [0.15, 0.2) is 0 Å². The van der Waals surface area contributed by atoms with Gasteiger partial charge >= 0.3 is 0 Å². The molecule has 0 radical (unpaired) electrons. The zero-order valence-corrected chi connectivity index (χ0v) is 17.9. The first kappa shape index (κ1) is 21.4. The lowest BCUT2D eigenvalue weighted by atomic mass is 10.1. The smallest absolute Gasteiger partial charge is 0.255 e. The van der Waals surface area contributed by atoms with Gasteiger partial charge in [-0.05, 0) is 73.4 Å². The molecule has 0 saturated carbocycles. The van der Waals surface area contributed by atoms with E-state index in [1.54, 1.807) is 36.4 Å². The number of nitrogens with two attached hydrogens (primary N) is 1. The van der Waals surface area contributed by atoms with Gasteiger partial charge in [-0.15, -0.1) is 0 Å². The monoisotopic (exact) mass is 429 g/mol. The van der Waals surface area contributed by atoms with E-state index in [9.17, 15) is 9.59 Å². The quantitative estimate of drug-likeness (QED) is 0.575. The Balaban J connectivity index is 1.38. The van der Waals surface area contributed by atoms with Crippen molar-refractivity contribution in [2.45, 2.75) is 25.9 Å². The van der Waals surface area contributed by atoms with Crippen molar-refractivity contribution in [2.24, 2.45) is 5.73 Å². The maximum atomic E-state index is 12.7. The molecule has 2 amide bonds. The number of hydrogen-bond acceptors (Lipinski definition) is 4. The second kappa shape index (κ2) is 10.0. The van der Waals surface area contributed by atoms with Gasteiger partial charge in [-0.25, -0.2) is 0 Å². The van der Waals surface area contributed by atoms with E-state index < -0.39 is 5.91 Å². The molecular formula is C26H27N3O3. The molecule has 1 heterocycles. The number of piperidine rings is 1. The number of hydrogen-bond donors (Lipinski definition) is 2. The minimum absolute atomic E-state index is 0.185. The lowest BCUT2D eigenvalue weighted by molar-refractivity contribution is 0.0994. The Bertz CT molecular complexity index is 1090. The minimum atomic E-state index is -0.542. The lowest BCUT2D eigenvalue weighted by Crippen LogP contribution is -2.29. The summed E-state index contributed by atoms with van der Waals surface area (Å²) in [5.41, 5.74) is 9.03. The topological polar surface area (TPSA) is 84.7 Å². The summed E-state index contributed by atoms with van der Waals surface area (Å²) in [6, 6.07) is 22.1. The molecule has 0 aliphatic carbocycles. The van der Waals surface area contributed by atoms with E-state index in [0.29, 0.717) is 16.9 Å². The maximum absolute atomic E-state index is 12.7. The zero-order chi connectivity index (χ0) is 22.3. The van der Waals surface area contributed by atoms with Crippen LogP contribution in [-0.2, 0) is 6.61 Å². The van der Waals surface area contributed by atoms with Crippen LogP contribution in [0.5, 0.6) is 5.75 Å². The van der Waals surface area contributed by atoms with E-state index in [-0.39, 0.29) is 12.5 Å².